The third-order valence-corrected chi connectivity index (χ3v) is 4.86. The molecule has 0 bridgehead atoms. The van der Waals surface area contributed by atoms with Crippen LogP contribution >= 0.6 is 23.2 Å². The molecule has 0 saturated heterocycles. The second kappa shape index (κ2) is 10.9. The number of amides is 2. The Morgan fingerprint density at radius 2 is 1.83 bits per heavy atom. The molecule has 2 rings (SSSR count). The highest BCUT2D eigenvalue weighted by Gasteiger charge is 2.14. The Bertz CT molecular complexity index is 874. The van der Waals surface area contributed by atoms with Gasteiger partial charge in [-0.05, 0) is 49.2 Å². The van der Waals surface area contributed by atoms with Crippen molar-refractivity contribution in [1.29, 1.82) is 0 Å². The fourth-order valence-electron chi connectivity index (χ4n) is 2.56. The van der Waals surface area contributed by atoms with Gasteiger partial charge in [-0.2, -0.15) is 0 Å². The van der Waals surface area contributed by atoms with Crippen LogP contribution in [0.4, 0.5) is 0 Å². The maximum Gasteiger partial charge on any atom is 0.251 e. The van der Waals surface area contributed by atoms with E-state index in [1.807, 2.05) is 32.0 Å². The lowest BCUT2D eigenvalue weighted by atomic mass is 10.1. The number of ether oxygens (including phenoxy) is 2. The molecular weight excluding hydrogens is 415 g/mol. The van der Waals surface area contributed by atoms with Gasteiger partial charge in [-0.1, -0.05) is 36.2 Å². The second-order valence-electron chi connectivity index (χ2n) is 6.36. The molecule has 0 spiro atoms. The van der Waals surface area contributed by atoms with Gasteiger partial charge in [0, 0.05) is 5.56 Å². The number of nitrogens with one attached hydrogen (secondary N) is 2. The predicted molar refractivity (Wildman–Crippen MR) is 114 cm³/mol. The van der Waals surface area contributed by atoms with Crippen molar-refractivity contribution in [3.05, 3.63) is 57.6 Å². The second-order valence-corrected chi connectivity index (χ2v) is 7.17. The Morgan fingerprint density at radius 1 is 1.07 bits per heavy atom. The van der Waals surface area contributed by atoms with E-state index in [9.17, 15) is 9.59 Å². The summed E-state index contributed by atoms with van der Waals surface area (Å²) >= 11 is 11.8. The van der Waals surface area contributed by atoms with Gasteiger partial charge in [-0.15, -0.1) is 0 Å². The molecule has 0 aliphatic heterocycles. The fraction of sp³-hybridized carbons (Fsp3) is 0.333. The highest BCUT2D eigenvalue weighted by atomic mass is 35.5. The fourth-order valence-corrected chi connectivity index (χ4v) is 2.86. The molecule has 0 heterocycles. The van der Waals surface area contributed by atoms with Crippen LogP contribution in [0.2, 0.25) is 10.0 Å². The van der Waals surface area contributed by atoms with E-state index >= 15 is 0 Å². The van der Waals surface area contributed by atoms with Gasteiger partial charge in [0.1, 0.15) is 0 Å². The highest BCUT2D eigenvalue weighted by Crippen LogP contribution is 2.30. The van der Waals surface area contributed by atoms with Crippen molar-refractivity contribution in [3.63, 3.8) is 0 Å². The van der Waals surface area contributed by atoms with Crippen molar-refractivity contribution in [1.82, 2.24) is 10.6 Å². The van der Waals surface area contributed by atoms with Crippen molar-refractivity contribution in [2.75, 3.05) is 20.3 Å². The molecule has 0 saturated carbocycles. The number of rotatable bonds is 9. The summed E-state index contributed by atoms with van der Waals surface area (Å²) in [5.74, 6) is 0.525. The molecule has 0 radical (unpaired) electrons. The summed E-state index contributed by atoms with van der Waals surface area (Å²) in [6, 6.07) is 9.75. The quantitative estimate of drug-likeness (QED) is 0.608. The Kier molecular flexibility index (Phi) is 8.61. The number of hydrogen-bond donors (Lipinski definition) is 2. The first-order chi connectivity index (χ1) is 13.8. The van der Waals surface area contributed by atoms with Crippen LogP contribution in [0.5, 0.6) is 11.5 Å². The molecule has 1 atom stereocenters. The van der Waals surface area contributed by atoms with E-state index in [0.29, 0.717) is 28.7 Å². The van der Waals surface area contributed by atoms with Gasteiger partial charge < -0.3 is 20.1 Å². The van der Waals surface area contributed by atoms with Gasteiger partial charge >= 0.3 is 0 Å². The van der Waals surface area contributed by atoms with Gasteiger partial charge in [0.25, 0.3) is 5.91 Å². The molecule has 0 aromatic heterocycles. The zero-order chi connectivity index (χ0) is 21.4. The van der Waals surface area contributed by atoms with Gasteiger partial charge in [0.2, 0.25) is 5.91 Å². The van der Waals surface area contributed by atoms with Gasteiger partial charge in [-0.3, -0.25) is 9.59 Å². The third-order valence-electron chi connectivity index (χ3n) is 4.12. The molecule has 2 N–H and O–H groups in total. The van der Waals surface area contributed by atoms with Crippen molar-refractivity contribution in [3.8, 4) is 11.5 Å². The van der Waals surface area contributed by atoms with Crippen LogP contribution in [-0.4, -0.2) is 32.1 Å². The van der Waals surface area contributed by atoms with E-state index in [2.05, 4.69) is 10.6 Å². The summed E-state index contributed by atoms with van der Waals surface area (Å²) in [5.41, 5.74) is 1.18. The number of methoxy groups -OCH3 is 1. The Labute approximate surface area is 180 Å². The lowest BCUT2D eigenvalue weighted by Crippen LogP contribution is -2.38. The largest absolute Gasteiger partial charge is 0.493 e. The Hall–Kier alpha value is -2.44. The predicted octanol–water partition coefficient (Wildman–Crippen LogP) is 4.40. The molecule has 2 amide bonds. The molecule has 2 aromatic rings. The summed E-state index contributed by atoms with van der Waals surface area (Å²) in [7, 11) is 1.57. The van der Waals surface area contributed by atoms with Crippen molar-refractivity contribution < 1.29 is 19.1 Å². The standard InChI is InChI=1S/C21H24Cl2N2O4/c1-4-9-29-18-8-6-14(11-19(18)28-3)13(2)25-20(26)12-24-21(27)15-5-7-16(22)17(23)10-15/h5-8,10-11,13H,4,9,12H2,1-3H3,(H,24,27)(H,25,26). The average Bonchev–Trinajstić information content (AvgIpc) is 2.72. The molecule has 0 fully saturated rings. The average molecular weight is 439 g/mol. The lowest BCUT2D eigenvalue weighted by Gasteiger charge is -2.17. The maximum atomic E-state index is 12.2. The monoisotopic (exact) mass is 438 g/mol. The third kappa shape index (κ3) is 6.54. The summed E-state index contributed by atoms with van der Waals surface area (Å²) in [6.07, 6.45) is 0.894. The smallest absolute Gasteiger partial charge is 0.251 e. The summed E-state index contributed by atoms with van der Waals surface area (Å²) in [4.78, 5) is 24.4. The number of carbonyl (C=O) groups is 2. The first kappa shape index (κ1) is 22.8. The minimum absolute atomic E-state index is 0.168. The summed E-state index contributed by atoms with van der Waals surface area (Å²) in [5, 5.41) is 6.03. The molecule has 0 aliphatic carbocycles. The van der Waals surface area contributed by atoms with E-state index in [-0.39, 0.29) is 23.5 Å². The zero-order valence-corrected chi connectivity index (χ0v) is 18.1. The van der Waals surface area contributed by atoms with Crippen LogP contribution in [-0.2, 0) is 4.79 Å². The molecule has 156 valence electrons. The molecular formula is C21H24Cl2N2O4. The molecule has 1 unspecified atom stereocenters. The highest BCUT2D eigenvalue weighted by molar-refractivity contribution is 6.42. The van der Waals surface area contributed by atoms with E-state index in [0.717, 1.165) is 12.0 Å². The van der Waals surface area contributed by atoms with Crippen LogP contribution in [0, 0.1) is 0 Å². The van der Waals surface area contributed by atoms with Crippen molar-refractivity contribution >= 4 is 35.0 Å². The van der Waals surface area contributed by atoms with E-state index in [4.69, 9.17) is 32.7 Å². The minimum atomic E-state index is -0.412. The van der Waals surface area contributed by atoms with Crippen molar-refractivity contribution in [2.45, 2.75) is 26.3 Å². The van der Waals surface area contributed by atoms with E-state index in [1.54, 1.807) is 13.2 Å². The van der Waals surface area contributed by atoms with E-state index in [1.165, 1.54) is 12.1 Å². The molecule has 6 nitrogen and oxygen atoms in total. The molecule has 0 aliphatic rings. The normalized spacial score (nSPS) is 11.5. The van der Waals surface area contributed by atoms with Crippen LogP contribution in [0.1, 0.15) is 42.2 Å². The van der Waals surface area contributed by atoms with Crippen LogP contribution in [0.25, 0.3) is 0 Å². The van der Waals surface area contributed by atoms with Gasteiger partial charge in [-0.25, -0.2) is 0 Å². The first-order valence-corrected chi connectivity index (χ1v) is 9.94. The van der Waals surface area contributed by atoms with Gasteiger partial charge in [0.05, 0.1) is 36.3 Å². The first-order valence-electron chi connectivity index (χ1n) is 9.19. The van der Waals surface area contributed by atoms with Crippen LogP contribution < -0.4 is 20.1 Å². The number of carbonyl (C=O) groups excluding carboxylic acids is 2. The van der Waals surface area contributed by atoms with E-state index < -0.39 is 5.91 Å². The number of halogens is 2. The van der Waals surface area contributed by atoms with Crippen molar-refractivity contribution in [2.24, 2.45) is 0 Å². The summed E-state index contributed by atoms with van der Waals surface area (Å²) < 4.78 is 11.0. The minimum Gasteiger partial charge on any atom is -0.493 e. The topological polar surface area (TPSA) is 76.7 Å². The SMILES string of the molecule is CCCOc1ccc(C(C)NC(=O)CNC(=O)c2ccc(Cl)c(Cl)c2)cc1OC. The molecule has 2 aromatic carbocycles. The summed E-state index contributed by atoms with van der Waals surface area (Å²) in [6.45, 7) is 4.30. The lowest BCUT2D eigenvalue weighted by molar-refractivity contribution is -0.120. The molecule has 29 heavy (non-hydrogen) atoms. The van der Waals surface area contributed by atoms with Gasteiger partial charge in [0.15, 0.2) is 11.5 Å². The number of hydrogen-bond acceptors (Lipinski definition) is 4. The number of benzene rings is 2. The molecule has 8 heteroatoms. The van der Waals surface area contributed by atoms with Crippen LogP contribution in [0.15, 0.2) is 36.4 Å². The van der Waals surface area contributed by atoms with Crippen LogP contribution in [0.3, 0.4) is 0 Å². The Balaban J connectivity index is 1.92. The zero-order valence-electron chi connectivity index (χ0n) is 16.6. The Morgan fingerprint density at radius 3 is 2.48 bits per heavy atom. The maximum absolute atomic E-state index is 12.2.